The number of hydrogen-bond donors (Lipinski definition) is 1. The van der Waals surface area contributed by atoms with E-state index >= 15 is 0 Å². The van der Waals surface area contributed by atoms with E-state index in [0.717, 1.165) is 30.5 Å². The molecule has 0 fully saturated rings. The summed E-state index contributed by atoms with van der Waals surface area (Å²) in [4.78, 5) is 11.4. The van der Waals surface area contributed by atoms with Gasteiger partial charge in [0.05, 0.1) is 5.69 Å². The van der Waals surface area contributed by atoms with Crippen LogP contribution >= 0.6 is 0 Å². The van der Waals surface area contributed by atoms with E-state index in [4.69, 9.17) is 0 Å². The van der Waals surface area contributed by atoms with Crippen LogP contribution in [-0.4, -0.2) is 10.2 Å². The van der Waals surface area contributed by atoms with Gasteiger partial charge in [0, 0.05) is 11.0 Å². The lowest BCUT2D eigenvalue weighted by Gasteiger charge is -2.25. The van der Waals surface area contributed by atoms with Crippen molar-refractivity contribution in [3.63, 3.8) is 0 Å². The first kappa shape index (κ1) is 12.0. The van der Waals surface area contributed by atoms with Crippen LogP contribution in [0.1, 0.15) is 51.8 Å². The lowest BCUT2D eigenvalue weighted by atomic mass is 9.81. The van der Waals surface area contributed by atoms with Gasteiger partial charge in [-0.2, -0.15) is 5.10 Å². The summed E-state index contributed by atoms with van der Waals surface area (Å²) < 4.78 is 0. The third-order valence-corrected chi connectivity index (χ3v) is 3.44. The smallest absolute Gasteiger partial charge is 0.267 e. The van der Waals surface area contributed by atoms with Gasteiger partial charge in [-0.05, 0) is 25.3 Å². The van der Waals surface area contributed by atoms with Crippen LogP contribution in [0, 0.1) is 0 Å². The summed E-state index contributed by atoms with van der Waals surface area (Å²) in [5.74, 6) is 0. The van der Waals surface area contributed by atoms with Gasteiger partial charge in [0.2, 0.25) is 0 Å². The quantitative estimate of drug-likeness (QED) is 0.826. The van der Waals surface area contributed by atoms with E-state index in [1.54, 1.807) is 0 Å². The second-order valence-electron chi connectivity index (χ2n) is 4.23. The molecule has 0 aliphatic heterocycles. The summed E-state index contributed by atoms with van der Waals surface area (Å²) in [6, 6.07) is 1.95. The minimum atomic E-state index is -0.0594. The molecule has 0 aliphatic carbocycles. The van der Waals surface area contributed by atoms with Crippen LogP contribution in [0.5, 0.6) is 0 Å². The molecule has 1 rings (SSSR count). The second kappa shape index (κ2) is 4.60. The van der Waals surface area contributed by atoms with Crippen molar-refractivity contribution >= 4 is 0 Å². The third-order valence-electron chi connectivity index (χ3n) is 3.44. The van der Waals surface area contributed by atoms with E-state index < -0.39 is 0 Å². The van der Waals surface area contributed by atoms with Gasteiger partial charge in [-0.1, -0.05) is 27.7 Å². The highest BCUT2D eigenvalue weighted by atomic mass is 16.1. The van der Waals surface area contributed by atoms with Crippen molar-refractivity contribution in [1.29, 1.82) is 0 Å². The molecule has 0 bridgehead atoms. The van der Waals surface area contributed by atoms with Crippen molar-refractivity contribution in [2.45, 2.75) is 52.4 Å². The number of aryl methyl sites for hydroxylation is 1. The number of H-pyrrole nitrogens is 1. The van der Waals surface area contributed by atoms with E-state index in [2.05, 4.69) is 31.0 Å². The van der Waals surface area contributed by atoms with Gasteiger partial charge >= 0.3 is 0 Å². The molecule has 0 saturated heterocycles. The molecule has 0 aliphatic rings. The van der Waals surface area contributed by atoms with Crippen molar-refractivity contribution in [2.75, 3.05) is 0 Å². The monoisotopic (exact) mass is 208 g/mol. The van der Waals surface area contributed by atoms with Crippen LogP contribution in [0.25, 0.3) is 0 Å². The number of hydrogen-bond acceptors (Lipinski definition) is 2. The van der Waals surface area contributed by atoms with Crippen LogP contribution in [-0.2, 0) is 11.8 Å². The molecule has 3 nitrogen and oxygen atoms in total. The summed E-state index contributed by atoms with van der Waals surface area (Å²) in [7, 11) is 0. The van der Waals surface area contributed by atoms with Gasteiger partial charge < -0.3 is 0 Å². The Kier molecular flexibility index (Phi) is 3.66. The van der Waals surface area contributed by atoms with E-state index in [1.165, 1.54) is 0 Å². The number of nitrogens with one attached hydrogen (secondary N) is 1. The van der Waals surface area contributed by atoms with Gasteiger partial charge in [-0.3, -0.25) is 4.79 Å². The first-order chi connectivity index (χ1) is 7.07. The Labute approximate surface area is 90.9 Å². The van der Waals surface area contributed by atoms with Gasteiger partial charge in [0.15, 0.2) is 0 Å². The first-order valence-corrected chi connectivity index (χ1v) is 5.66. The summed E-state index contributed by atoms with van der Waals surface area (Å²) in [5.41, 5.74) is 1.85. The molecule has 1 N–H and O–H groups in total. The van der Waals surface area contributed by atoms with E-state index in [-0.39, 0.29) is 11.0 Å². The number of aromatic amines is 1. The van der Waals surface area contributed by atoms with Gasteiger partial charge in [-0.25, -0.2) is 5.10 Å². The van der Waals surface area contributed by atoms with Crippen molar-refractivity contribution in [3.05, 3.63) is 27.7 Å². The maximum absolute atomic E-state index is 11.4. The summed E-state index contributed by atoms with van der Waals surface area (Å²) in [5, 5.41) is 6.75. The molecule has 0 radical (unpaired) electrons. The molecule has 15 heavy (non-hydrogen) atoms. The molecule has 0 spiro atoms. The molecule has 0 aromatic carbocycles. The first-order valence-electron chi connectivity index (χ1n) is 5.66. The molecule has 1 aromatic heterocycles. The summed E-state index contributed by atoms with van der Waals surface area (Å²) in [6.45, 7) is 8.49. The zero-order valence-electron chi connectivity index (χ0n) is 10.1. The van der Waals surface area contributed by atoms with E-state index in [9.17, 15) is 4.79 Å². The summed E-state index contributed by atoms with van der Waals surface area (Å²) >= 11 is 0. The van der Waals surface area contributed by atoms with Crippen LogP contribution < -0.4 is 5.56 Å². The Morgan fingerprint density at radius 1 is 1.33 bits per heavy atom. The molecule has 0 amide bonds. The molecule has 0 saturated carbocycles. The van der Waals surface area contributed by atoms with Gasteiger partial charge in [0.25, 0.3) is 5.56 Å². The SMILES string of the molecule is CCc1cc(C(C)(CC)CC)n[nH]c1=O. The predicted molar refractivity (Wildman–Crippen MR) is 62.2 cm³/mol. The Morgan fingerprint density at radius 3 is 2.40 bits per heavy atom. The Balaban J connectivity index is 3.21. The van der Waals surface area contributed by atoms with Crippen LogP contribution in [0.15, 0.2) is 10.9 Å². The predicted octanol–water partition coefficient (Wildman–Crippen LogP) is 2.41. The Bertz CT molecular complexity index is 377. The lowest BCUT2D eigenvalue weighted by molar-refractivity contribution is 0.420. The van der Waals surface area contributed by atoms with E-state index in [1.807, 2.05) is 13.0 Å². The van der Waals surface area contributed by atoms with Crippen molar-refractivity contribution in [1.82, 2.24) is 10.2 Å². The number of aromatic nitrogens is 2. The highest BCUT2D eigenvalue weighted by Gasteiger charge is 2.24. The standard InChI is InChI=1S/C12H20N2O/c1-5-9-8-10(13-14-11(9)15)12(4,6-2)7-3/h8H,5-7H2,1-4H3,(H,14,15). The number of rotatable bonds is 4. The fraction of sp³-hybridized carbons (Fsp3) is 0.667. The molecule has 0 atom stereocenters. The Morgan fingerprint density at radius 2 is 1.93 bits per heavy atom. The largest absolute Gasteiger partial charge is 0.268 e. The molecule has 1 aromatic rings. The maximum atomic E-state index is 11.4. The molecule has 84 valence electrons. The van der Waals surface area contributed by atoms with Crippen LogP contribution in [0.2, 0.25) is 0 Å². The van der Waals surface area contributed by atoms with Crippen molar-refractivity contribution < 1.29 is 0 Å². The normalized spacial score (nSPS) is 11.7. The minimum Gasteiger partial charge on any atom is -0.268 e. The average molecular weight is 208 g/mol. The van der Waals surface area contributed by atoms with Gasteiger partial charge in [0.1, 0.15) is 0 Å². The maximum Gasteiger partial charge on any atom is 0.267 e. The summed E-state index contributed by atoms with van der Waals surface area (Å²) in [6.07, 6.45) is 2.83. The Hall–Kier alpha value is -1.12. The zero-order chi connectivity index (χ0) is 11.5. The average Bonchev–Trinajstić information content (AvgIpc) is 2.28. The lowest BCUT2D eigenvalue weighted by Crippen LogP contribution is -2.25. The fourth-order valence-corrected chi connectivity index (χ4v) is 1.63. The second-order valence-corrected chi connectivity index (χ2v) is 4.23. The molecular formula is C12H20N2O. The van der Waals surface area contributed by atoms with Crippen LogP contribution in [0.4, 0.5) is 0 Å². The highest BCUT2D eigenvalue weighted by molar-refractivity contribution is 5.19. The fourth-order valence-electron chi connectivity index (χ4n) is 1.63. The molecule has 3 heteroatoms. The van der Waals surface area contributed by atoms with Crippen molar-refractivity contribution in [3.8, 4) is 0 Å². The molecule has 0 unspecified atom stereocenters. The molecule has 1 heterocycles. The van der Waals surface area contributed by atoms with Gasteiger partial charge in [-0.15, -0.1) is 0 Å². The van der Waals surface area contributed by atoms with Crippen molar-refractivity contribution in [2.24, 2.45) is 0 Å². The minimum absolute atomic E-state index is 0.0594. The van der Waals surface area contributed by atoms with E-state index in [0.29, 0.717) is 0 Å². The topological polar surface area (TPSA) is 45.8 Å². The third kappa shape index (κ3) is 2.28. The molecular weight excluding hydrogens is 188 g/mol. The highest BCUT2D eigenvalue weighted by Crippen LogP contribution is 2.28. The zero-order valence-corrected chi connectivity index (χ0v) is 10.1. The number of nitrogens with zero attached hydrogens (tertiary/aromatic N) is 1. The van der Waals surface area contributed by atoms with Crippen LogP contribution in [0.3, 0.4) is 0 Å².